The largest absolute Gasteiger partial charge is 0.695 e. The molecule has 1 aliphatic rings. The number of rotatable bonds is 5. The maximum absolute atomic E-state index is 9.91. The second-order valence-corrected chi connectivity index (χ2v) is 9.92. The second-order valence-electron chi connectivity index (χ2n) is 4.63. The van der Waals surface area contributed by atoms with Gasteiger partial charge in [-0.3, -0.25) is 4.58 Å². The molecule has 100 valence electrons. The molecule has 0 bridgehead atoms. The molecule has 1 heterocycles. The Hall–Kier alpha value is -0.546. The Morgan fingerprint density at radius 2 is 1.89 bits per heavy atom. The van der Waals surface area contributed by atoms with Crippen LogP contribution >= 0.6 is 0 Å². The maximum atomic E-state index is 9.91. The Morgan fingerprint density at radius 3 is 2.50 bits per heavy atom. The Labute approximate surface area is 109 Å². The van der Waals surface area contributed by atoms with E-state index in [-0.39, 0.29) is 0 Å². The molecule has 0 amide bonds. The van der Waals surface area contributed by atoms with E-state index in [0.717, 1.165) is 12.8 Å². The average molecular weight is 286 g/mol. The maximum Gasteiger partial charge on any atom is 0.695 e. The Balaban J connectivity index is 1.70. The third-order valence-corrected chi connectivity index (χ3v) is 6.97. The number of aryl methyl sites for hydroxylation is 1. The van der Waals surface area contributed by atoms with Gasteiger partial charge >= 0.3 is 17.6 Å². The molecular formula is C11H18O5Si2. The molecule has 0 aliphatic carbocycles. The summed E-state index contributed by atoms with van der Waals surface area (Å²) in [6.07, 6.45) is 1.70. The predicted molar refractivity (Wildman–Crippen MR) is 69.4 cm³/mol. The van der Waals surface area contributed by atoms with Crippen LogP contribution in [-0.2, 0) is 24.1 Å². The molecule has 1 unspecified atom stereocenters. The van der Waals surface area contributed by atoms with Crippen molar-refractivity contribution in [3.8, 4) is 0 Å². The monoisotopic (exact) mass is 286 g/mol. The van der Waals surface area contributed by atoms with Crippen LogP contribution in [0.5, 0.6) is 0 Å². The van der Waals surface area contributed by atoms with E-state index >= 15 is 0 Å². The van der Waals surface area contributed by atoms with E-state index in [1.807, 2.05) is 18.2 Å². The van der Waals surface area contributed by atoms with Crippen molar-refractivity contribution in [2.75, 3.05) is 6.61 Å². The highest BCUT2D eigenvalue weighted by Crippen LogP contribution is 2.24. The zero-order valence-corrected chi connectivity index (χ0v) is 12.6. The standard InChI is InChI=1S/C11H18O5Si2/c1-17(2)14-15-18(12,16-17)13-10-6-9-11-7-4-3-5-8-11/h3-5,7-8,12H,6,9-10H2,1-2H3. The molecule has 5 nitrogen and oxygen atoms in total. The molecule has 7 heteroatoms. The first-order chi connectivity index (χ1) is 8.49. The molecule has 1 aromatic carbocycles. The minimum atomic E-state index is -3.52. The van der Waals surface area contributed by atoms with Crippen molar-refractivity contribution in [3.63, 3.8) is 0 Å². The van der Waals surface area contributed by atoms with Crippen LogP contribution in [-0.4, -0.2) is 29.0 Å². The van der Waals surface area contributed by atoms with E-state index in [4.69, 9.17) is 17.7 Å². The number of hydrogen-bond acceptors (Lipinski definition) is 5. The number of benzene rings is 1. The molecule has 1 atom stereocenters. The van der Waals surface area contributed by atoms with E-state index < -0.39 is 17.6 Å². The van der Waals surface area contributed by atoms with E-state index in [0.29, 0.717) is 6.61 Å². The molecule has 1 fully saturated rings. The van der Waals surface area contributed by atoms with Crippen LogP contribution in [0.3, 0.4) is 0 Å². The Kier molecular flexibility index (Phi) is 4.33. The van der Waals surface area contributed by atoms with Gasteiger partial charge in [0.1, 0.15) is 0 Å². The highest BCUT2D eigenvalue weighted by atomic mass is 28.5. The van der Waals surface area contributed by atoms with Crippen molar-refractivity contribution < 1.29 is 22.5 Å². The summed E-state index contributed by atoms with van der Waals surface area (Å²) in [4.78, 5) is 9.91. The molecule has 0 aromatic heterocycles. The summed E-state index contributed by atoms with van der Waals surface area (Å²) >= 11 is 0. The lowest BCUT2D eigenvalue weighted by Crippen LogP contribution is -2.44. The molecule has 0 saturated carbocycles. The molecule has 0 spiro atoms. The van der Waals surface area contributed by atoms with Crippen molar-refractivity contribution >= 4 is 17.6 Å². The lowest BCUT2D eigenvalue weighted by atomic mass is 10.1. The fourth-order valence-electron chi connectivity index (χ4n) is 1.67. The van der Waals surface area contributed by atoms with Gasteiger partial charge in [-0.2, -0.15) is 0 Å². The molecule has 0 radical (unpaired) electrons. The van der Waals surface area contributed by atoms with Crippen molar-refractivity contribution in [3.05, 3.63) is 35.9 Å². The Morgan fingerprint density at radius 1 is 1.17 bits per heavy atom. The average Bonchev–Trinajstić information content (AvgIpc) is 2.61. The zero-order valence-electron chi connectivity index (χ0n) is 10.6. The molecule has 1 saturated heterocycles. The summed E-state index contributed by atoms with van der Waals surface area (Å²) in [6.45, 7) is 3.99. The van der Waals surface area contributed by atoms with Gasteiger partial charge in [-0.1, -0.05) is 30.3 Å². The highest BCUT2D eigenvalue weighted by Gasteiger charge is 2.57. The third kappa shape index (κ3) is 3.99. The highest BCUT2D eigenvalue weighted by molar-refractivity contribution is 6.76. The molecule has 1 aliphatic heterocycles. The number of hydrogen-bond donors (Lipinski definition) is 1. The molecule has 1 N–H and O–H groups in total. The first-order valence-electron chi connectivity index (χ1n) is 5.96. The van der Waals surface area contributed by atoms with Gasteiger partial charge < -0.3 is 13.3 Å². The lowest BCUT2D eigenvalue weighted by molar-refractivity contribution is -0.153. The lowest BCUT2D eigenvalue weighted by Gasteiger charge is -2.15. The first-order valence-corrected chi connectivity index (χ1v) is 10.5. The van der Waals surface area contributed by atoms with Gasteiger partial charge in [0.15, 0.2) is 0 Å². The normalized spacial score (nSPS) is 26.4. The third-order valence-electron chi connectivity index (χ3n) is 2.46. The van der Waals surface area contributed by atoms with E-state index in [9.17, 15) is 4.80 Å². The van der Waals surface area contributed by atoms with Crippen LogP contribution in [0.2, 0.25) is 13.1 Å². The van der Waals surface area contributed by atoms with Crippen molar-refractivity contribution in [1.82, 2.24) is 0 Å². The summed E-state index contributed by atoms with van der Waals surface area (Å²) in [5, 5.41) is 0. The first kappa shape index (κ1) is 13.9. The smallest absolute Gasteiger partial charge is 0.367 e. The van der Waals surface area contributed by atoms with Gasteiger partial charge in [-0.05, 0) is 31.5 Å². The van der Waals surface area contributed by atoms with Crippen LogP contribution in [0.1, 0.15) is 12.0 Å². The van der Waals surface area contributed by atoms with Gasteiger partial charge in [0.05, 0.1) is 0 Å². The van der Waals surface area contributed by atoms with Crippen molar-refractivity contribution in [1.29, 1.82) is 0 Å². The van der Waals surface area contributed by atoms with Crippen LogP contribution in [0.4, 0.5) is 0 Å². The quantitative estimate of drug-likeness (QED) is 0.508. The summed E-state index contributed by atoms with van der Waals surface area (Å²) in [7, 11) is -5.86. The Bertz CT molecular complexity index is 386. The van der Waals surface area contributed by atoms with Crippen molar-refractivity contribution in [2.24, 2.45) is 0 Å². The topological polar surface area (TPSA) is 57.2 Å². The van der Waals surface area contributed by atoms with Gasteiger partial charge in [-0.15, -0.1) is 0 Å². The fourth-order valence-corrected chi connectivity index (χ4v) is 6.34. The van der Waals surface area contributed by atoms with Gasteiger partial charge in [0, 0.05) is 6.61 Å². The van der Waals surface area contributed by atoms with E-state index in [1.54, 1.807) is 13.1 Å². The minimum Gasteiger partial charge on any atom is -0.367 e. The summed E-state index contributed by atoms with van der Waals surface area (Å²) in [5.74, 6) is 0. The van der Waals surface area contributed by atoms with E-state index in [2.05, 4.69) is 12.1 Å². The summed E-state index contributed by atoms with van der Waals surface area (Å²) in [6, 6.07) is 10.1. The van der Waals surface area contributed by atoms with E-state index in [1.165, 1.54) is 5.56 Å². The molecule has 18 heavy (non-hydrogen) atoms. The molecule has 2 rings (SSSR count). The summed E-state index contributed by atoms with van der Waals surface area (Å²) in [5.41, 5.74) is 1.24. The minimum absolute atomic E-state index is 0.394. The fraction of sp³-hybridized carbons (Fsp3) is 0.455. The zero-order chi connectivity index (χ0) is 13.1. The predicted octanol–water partition coefficient (Wildman–Crippen LogP) is 1.74. The molecular weight excluding hydrogens is 268 g/mol. The van der Waals surface area contributed by atoms with Crippen LogP contribution in [0, 0.1) is 0 Å². The van der Waals surface area contributed by atoms with Crippen LogP contribution in [0.15, 0.2) is 30.3 Å². The van der Waals surface area contributed by atoms with Crippen molar-refractivity contribution in [2.45, 2.75) is 25.9 Å². The van der Waals surface area contributed by atoms with Gasteiger partial charge in [0.25, 0.3) is 0 Å². The molecule has 1 aromatic rings. The van der Waals surface area contributed by atoms with Gasteiger partial charge in [-0.25, -0.2) is 4.58 Å². The van der Waals surface area contributed by atoms with Crippen LogP contribution < -0.4 is 0 Å². The van der Waals surface area contributed by atoms with Gasteiger partial charge in [0.2, 0.25) is 0 Å². The SMILES string of the molecule is C[Si]1(C)OO[Si](O)(OCCCc2ccccc2)O1. The summed E-state index contributed by atoms with van der Waals surface area (Å²) < 4.78 is 20.5. The second kappa shape index (κ2) is 5.62. The van der Waals surface area contributed by atoms with Crippen LogP contribution in [0.25, 0.3) is 0 Å².